The van der Waals surface area contributed by atoms with Crippen LogP contribution < -0.4 is 10.6 Å². The molecule has 1 amide bonds. The van der Waals surface area contributed by atoms with E-state index in [1.807, 2.05) is 6.92 Å². The number of aryl methyl sites for hydroxylation is 1. The van der Waals surface area contributed by atoms with Gasteiger partial charge >= 0.3 is 6.09 Å². The summed E-state index contributed by atoms with van der Waals surface area (Å²) in [4.78, 5) is 17.8. The minimum Gasteiger partial charge on any atom is -0.465 e. The van der Waals surface area contributed by atoms with E-state index in [2.05, 4.69) is 20.6 Å². The summed E-state index contributed by atoms with van der Waals surface area (Å²) < 4.78 is 0. The number of hydrogen-bond donors (Lipinski definition) is 3. The Balaban J connectivity index is 0.000000270. The lowest BCUT2D eigenvalue weighted by atomic mass is 10.2. The molecule has 21 heavy (non-hydrogen) atoms. The lowest BCUT2D eigenvalue weighted by Gasteiger charge is -2.14. The predicted molar refractivity (Wildman–Crippen MR) is 84.0 cm³/mol. The van der Waals surface area contributed by atoms with Crippen molar-refractivity contribution in [2.24, 2.45) is 0 Å². The van der Waals surface area contributed by atoms with Crippen molar-refractivity contribution in [2.45, 2.75) is 58.5 Å². The summed E-state index contributed by atoms with van der Waals surface area (Å²) in [5.74, 6) is 0.886. The Bertz CT molecular complexity index is 462. The smallest absolute Gasteiger partial charge is 0.404 e. The van der Waals surface area contributed by atoms with Gasteiger partial charge in [0.1, 0.15) is 5.82 Å². The first-order chi connectivity index (χ1) is 9.88. The summed E-state index contributed by atoms with van der Waals surface area (Å²) in [5.41, 5.74) is 1.06. The number of aromatic nitrogens is 2. The number of nitrogens with one attached hydrogen (secondary N) is 2. The van der Waals surface area contributed by atoms with Gasteiger partial charge in [0.05, 0.1) is 0 Å². The van der Waals surface area contributed by atoms with Crippen molar-refractivity contribution in [3.05, 3.63) is 17.0 Å². The highest BCUT2D eigenvalue weighted by molar-refractivity contribution is 6.28. The predicted octanol–water partition coefficient (Wildman–Crippen LogP) is 3.46. The average molecular weight is 315 g/mol. The van der Waals surface area contributed by atoms with Crippen LogP contribution in [0.5, 0.6) is 0 Å². The molecule has 1 saturated carbocycles. The number of rotatable bonds is 3. The van der Waals surface area contributed by atoms with E-state index in [-0.39, 0.29) is 6.04 Å². The zero-order chi connectivity index (χ0) is 15.8. The van der Waals surface area contributed by atoms with Crippen molar-refractivity contribution in [1.82, 2.24) is 15.3 Å². The van der Waals surface area contributed by atoms with Gasteiger partial charge in [-0.15, -0.1) is 0 Å². The number of carbonyl (C=O) groups is 1. The van der Waals surface area contributed by atoms with Gasteiger partial charge in [-0.05, 0) is 45.2 Å². The summed E-state index contributed by atoms with van der Waals surface area (Å²) in [5, 5.41) is 13.9. The van der Waals surface area contributed by atoms with Gasteiger partial charge in [-0.1, -0.05) is 12.8 Å². The number of amides is 1. The van der Waals surface area contributed by atoms with E-state index < -0.39 is 6.09 Å². The zero-order valence-electron chi connectivity index (χ0n) is 12.7. The first-order valence-electron chi connectivity index (χ1n) is 7.13. The average Bonchev–Trinajstić information content (AvgIpc) is 2.86. The first kappa shape index (κ1) is 17.5. The zero-order valence-corrected chi connectivity index (χ0v) is 13.4. The Morgan fingerprint density at radius 2 is 2.05 bits per heavy atom. The van der Waals surface area contributed by atoms with E-state index in [4.69, 9.17) is 16.7 Å². The van der Waals surface area contributed by atoms with E-state index in [1.165, 1.54) is 25.7 Å². The van der Waals surface area contributed by atoms with Gasteiger partial charge in [-0.3, -0.25) is 0 Å². The molecule has 1 aromatic heterocycles. The molecule has 3 N–H and O–H groups in total. The second kappa shape index (κ2) is 8.67. The SMILES string of the molecule is CC(C)NC(=O)O.Cc1cnc(Cl)nc1NC1CCCC1. The molecular weight excluding hydrogens is 292 g/mol. The van der Waals surface area contributed by atoms with Crippen LogP contribution in [0.15, 0.2) is 6.20 Å². The second-order valence-electron chi connectivity index (χ2n) is 5.40. The maximum Gasteiger partial charge on any atom is 0.404 e. The Morgan fingerprint density at radius 3 is 2.52 bits per heavy atom. The Morgan fingerprint density at radius 1 is 1.43 bits per heavy atom. The minimum absolute atomic E-state index is 0.0255. The maximum absolute atomic E-state index is 9.70. The van der Waals surface area contributed by atoms with Crippen LogP contribution in [-0.2, 0) is 0 Å². The van der Waals surface area contributed by atoms with E-state index in [1.54, 1.807) is 20.0 Å². The Labute approximate surface area is 130 Å². The van der Waals surface area contributed by atoms with Crippen molar-refractivity contribution in [3.8, 4) is 0 Å². The summed E-state index contributed by atoms with van der Waals surface area (Å²) in [6.45, 7) is 5.54. The molecule has 6 nitrogen and oxygen atoms in total. The van der Waals surface area contributed by atoms with Gasteiger partial charge in [-0.25, -0.2) is 14.8 Å². The normalized spacial score (nSPS) is 14.5. The fourth-order valence-electron chi connectivity index (χ4n) is 2.08. The van der Waals surface area contributed by atoms with E-state index in [0.717, 1.165) is 11.4 Å². The van der Waals surface area contributed by atoms with Crippen LogP contribution in [0.1, 0.15) is 45.1 Å². The molecule has 0 aromatic carbocycles. The molecule has 0 aliphatic heterocycles. The monoisotopic (exact) mass is 314 g/mol. The molecule has 0 radical (unpaired) electrons. The third-order valence-corrected chi connectivity index (χ3v) is 3.23. The van der Waals surface area contributed by atoms with Crippen LogP contribution in [-0.4, -0.2) is 33.3 Å². The van der Waals surface area contributed by atoms with Gasteiger partial charge < -0.3 is 15.7 Å². The third kappa shape index (κ3) is 7.13. The molecule has 1 aliphatic rings. The molecule has 0 unspecified atom stereocenters. The molecule has 0 saturated heterocycles. The van der Waals surface area contributed by atoms with Crippen LogP contribution in [0, 0.1) is 6.92 Å². The van der Waals surface area contributed by atoms with Crippen molar-refractivity contribution in [2.75, 3.05) is 5.32 Å². The molecule has 1 fully saturated rings. The van der Waals surface area contributed by atoms with Gasteiger partial charge in [0.2, 0.25) is 5.28 Å². The van der Waals surface area contributed by atoms with Gasteiger partial charge in [-0.2, -0.15) is 0 Å². The number of carboxylic acid groups (broad SMARTS) is 1. The highest BCUT2D eigenvalue weighted by Gasteiger charge is 2.16. The fraction of sp³-hybridized carbons (Fsp3) is 0.643. The molecule has 1 aliphatic carbocycles. The summed E-state index contributed by atoms with van der Waals surface area (Å²) >= 11 is 5.74. The van der Waals surface area contributed by atoms with Crippen LogP contribution in [0.2, 0.25) is 5.28 Å². The number of hydrogen-bond acceptors (Lipinski definition) is 4. The molecule has 0 bridgehead atoms. The number of nitrogens with zero attached hydrogens (tertiary/aromatic N) is 2. The van der Waals surface area contributed by atoms with Gasteiger partial charge in [0.25, 0.3) is 0 Å². The fourth-order valence-corrected chi connectivity index (χ4v) is 2.21. The Hall–Kier alpha value is -1.56. The van der Waals surface area contributed by atoms with E-state index in [9.17, 15) is 4.79 Å². The lowest BCUT2D eigenvalue weighted by Crippen LogP contribution is -2.27. The molecule has 118 valence electrons. The molecular formula is C14H23ClN4O2. The first-order valence-corrected chi connectivity index (χ1v) is 7.51. The van der Waals surface area contributed by atoms with Crippen molar-refractivity contribution in [1.29, 1.82) is 0 Å². The lowest BCUT2D eigenvalue weighted by molar-refractivity contribution is 0.191. The minimum atomic E-state index is -0.963. The van der Waals surface area contributed by atoms with Gasteiger partial charge in [0, 0.05) is 23.8 Å². The number of halogens is 1. The van der Waals surface area contributed by atoms with E-state index >= 15 is 0 Å². The maximum atomic E-state index is 9.70. The van der Waals surface area contributed by atoms with Gasteiger partial charge in [0.15, 0.2) is 0 Å². The second-order valence-corrected chi connectivity index (χ2v) is 5.74. The van der Waals surface area contributed by atoms with Crippen molar-refractivity contribution in [3.63, 3.8) is 0 Å². The third-order valence-electron chi connectivity index (χ3n) is 3.05. The highest BCUT2D eigenvalue weighted by atomic mass is 35.5. The summed E-state index contributed by atoms with van der Waals surface area (Å²) in [7, 11) is 0. The molecule has 1 aromatic rings. The summed E-state index contributed by atoms with van der Waals surface area (Å²) in [6, 6.07) is 0.595. The van der Waals surface area contributed by atoms with Crippen LogP contribution in [0.4, 0.5) is 10.6 Å². The molecule has 0 spiro atoms. The van der Waals surface area contributed by atoms with Crippen LogP contribution in [0.25, 0.3) is 0 Å². The van der Waals surface area contributed by atoms with Crippen molar-refractivity contribution >= 4 is 23.5 Å². The largest absolute Gasteiger partial charge is 0.465 e. The van der Waals surface area contributed by atoms with Crippen LogP contribution >= 0.6 is 11.6 Å². The van der Waals surface area contributed by atoms with Crippen LogP contribution in [0.3, 0.4) is 0 Å². The molecule has 7 heteroatoms. The quantitative estimate of drug-likeness (QED) is 0.744. The summed E-state index contributed by atoms with van der Waals surface area (Å²) in [6.07, 6.45) is 5.90. The Kier molecular flexibility index (Phi) is 7.22. The molecule has 0 atom stereocenters. The molecule has 2 rings (SSSR count). The highest BCUT2D eigenvalue weighted by Crippen LogP contribution is 2.23. The standard InChI is InChI=1S/C10H14ClN3.C4H9NO2/c1-7-6-12-10(11)14-9(7)13-8-4-2-3-5-8;1-3(2)5-4(6)7/h6,8H,2-5H2,1H3,(H,12,13,14);3,5H,1-2H3,(H,6,7). The van der Waals surface area contributed by atoms with Crippen molar-refractivity contribution < 1.29 is 9.90 Å². The molecule has 1 heterocycles. The van der Waals surface area contributed by atoms with E-state index in [0.29, 0.717) is 11.3 Å². The number of anilines is 1. The topological polar surface area (TPSA) is 87.1 Å².